The maximum atomic E-state index is 12.0. The third-order valence-corrected chi connectivity index (χ3v) is 4.38. The fourth-order valence-electron chi connectivity index (χ4n) is 2.95. The molecule has 0 aliphatic carbocycles. The standard InChI is InChI=1S/C21H34N3O2/c1-2-3-4-5-6-7-8-9-10-11-12-16-20(25)23-18-14-13-15-19(17-18)24-21(22)26/h13-15,17H,2-12,16H2,1H3,(H2,22,26)(H,23,25). The van der Waals surface area contributed by atoms with E-state index >= 15 is 0 Å². The van der Waals surface area contributed by atoms with Crippen LogP contribution < -0.4 is 16.4 Å². The Morgan fingerprint density at radius 3 is 2.08 bits per heavy atom. The number of rotatable bonds is 14. The maximum absolute atomic E-state index is 12.0. The van der Waals surface area contributed by atoms with Crippen molar-refractivity contribution in [2.75, 3.05) is 5.32 Å². The van der Waals surface area contributed by atoms with Gasteiger partial charge in [0, 0.05) is 12.1 Å². The topological polar surface area (TPSA) is 86.3 Å². The Balaban J connectivity index is 2.04. The molecule has 3 amide bonds. The zero-order valence-corrected chi connectivity index (χ0v) is 16.1. The summed E-state index contributed by atoms with van der Waals surface area (Å²) in [7, 11) is 0. The van der Waals surface area contributed by atoms with Crippen LogP contribution in [0.4, 0.5) is 16.2 Å². The van der Waals surface area contributed by atoms with Gasteiger partial charge in [-0.05, 0) is 24.6 Å². The third kappa shape index (κ3) is 11.5. The van der Waals surface area contributed by atoms with Crippen molar-refractivity contribution in [3.8, 4) is 0 Å². The molecule has 0 saturated carbocycles. The van der Waals surface area contributed by atoms with Gasteiger partial charge in [-0.3, -0.25) is 4.79 Å². The molecule has 0 heterocycles. The minimum atomic E-state index is -0.741. The number of nitrogens with one attached hydrogen (secondary N) is 1. The van der Waals surface area contributed by atoms with E-state index in [2.05, 4.69) is 17.6 Å². The zero-order chi connectivity index (χ0) is 19.0. The summed E-state index contributed by atoms with van der Waals surface area (Å²) in [6.07, 6.45) is 14.5. The molecule has 0 aliphatic heterocycles. The van der Waals surface area contributed by atoms with Crippen molar-refractivity contribution in [3.63, 3.8) is 0 Å². The quantitative estimate of drug-likeness (QED) is 0.421. The molecule has 0 aliphatic rings. The summed E-state index contributed by atoms with van der Waals surface area (Å²) in [4.78, 5) is 22.8. The van der Waals surface area contributed by atoms with E-state index in [1.807, 2.05) is 0 Å². The summed E-state index contributed by atoms with van der Waals surface area (Å²) in [6.45, 7) is 2.25. The molecule has 0 aromatic heterocycles. The smallest absolute Gasteiger partial charge is 0.338 e. The van der Waals surface area contributed by atoms with Crippen molar-refractivity contribution < 1.29 is 9.59 Å². The minimum Gasteiger partial charge on any atom is -0.350 e. The summed E-state index contributed by atoms with van der Waals surface area (Å²) in [5.74, 6) is -0.00264. The van der Waals surface area contributed by atoms with E-state index in [1.54, 1.807) is 24.3 Å². The van der Waals surface area contributed by atoms with Gasteiger partial charge in [0.25, 0.3) is 0 Å². The molecule has 1 aromatic carbocycles. The predicted molar refractivity (Wildman–Crippen MR) is 108 cm³/mol. The highest BCUT2D eigenvalue weighted by Gasteiger charge is 2.05. The fraction of sp³-hybridized carbons (Fsp3) is 0.619. The van der Waals surface area contributed by atoms with E-state index in [9.17, 15) is 9.59 Å². The lowest BCUT2D eigenvalue weighted by Gasteiger charge is -2.07. The molecule has 0 saturated heterocycles. The van der Waals surface area contributed by atoms with Crippen LogP contribution in [0.15, 0.2) is 24.3 Å². The van der Waals surface area contributed by atoms with Crippen molar-refractivity contribution in [3.05, 3.63) is 24.3 Å². The number of carbonyl (C=O) groups excluding carboxylic acids is 2. The predicted octanol–water partition coefficient (Wildman–Crippen LogP) is 5.64. The van der Waals surface area contributed by atoms with Crippen LogP contribution in [0.3, 0.4) is 0 Å². The highest BCUT2D eigenvalue weighted by atomic mass is 16.2. The van der Waals surface area contributed by atoms with Gasteiger partial charge in [-0.15, -0.1) is 0 Å². The Kier molecular flexibility index (Phi) is 12.0. The van der Waals surface area contributed by atoms with Crippen molar-refractivity contribution in [2.45, 2.75) is 84.0 Å². The monoisotopic (exact) mass is 360 g/mol. The molecular weight excluding hydrogens is 326 g/mol. The Labute approximate surface area is 158 Å². The number of amides is 3. The van der Waals surface area contributed by atoms with Crippen molar-refractivity contribution in [1.29, 1.82) is 0 Å². The molecular formula is C21H34N3O2. The first kappa shape index (κ1) is 22.0. The molecule has 1 radical (unpaired) electrons. The van der Waals surface area contributed by atoms with Crippen molar-refractivity contribution in [2.24, 2.45) is 5.73 Å². The first-order chi connectivity index (χ1) is 12.6. The second kappa shape index (κ2) is 14.2. The summed E-state index contributed by atoms with van der Waals surface area (Å²) in [5, 5.41) is 6.49. The highest BCUT2D eigenvalue weighted by Crippen LogP contribution is 2.16. The summed E-state index contributed by atoms with van der Waals surface area (Å²) in [6, 6.07) is 6.08. The average Bonchev–Trinajstić information content (AvgIpc) is 2.59. The van der Waals surface area contributed by atoms with E-state index < -0.39 is 6.03 Å². The number of unbranched alkanes of at least 4 members (excludes halogenated alkanes) is 10. The molecule has 0 spiro atoms. The van der Waals surface area contributed by atoms with Gasteiger partial charge in [0.15, 0.2) is 0 Å². The van der Waals surface area contributed by atoms with Crippen LogP contribution in [0.1, 0.15) is 84.0 Å². The summed E-state index contributed by atoms with van der Waals surface area (Å²) >= 11 is 0. The van der Waals surface area contributed by atoms with Gasteiger partial charge in [-0.1, -0.05) is 77.2 Å². The SMILES string of the molecule is CCCCCCCCCCCCCC(=O)Nc1cccc([N]C(N)=O)c1. The van der Waals surface area contributed by atoms with Crippen LogP contribution in [0, 0.1) is 0 Å². The number of anilines is 1. The van der Waals surface area contributed by atoms with Crippen LogP contribution in [0.2, 0.25) is 0 Å². The van der Waals surface area contributed by atoms with Gasteiger partial charge in [-0.2, -0.15) is 5.32 Å². The van der Waals surface area contributed by atoms with Gasteiger partial charge in [-0.25, -0.2) is 4.79 Å². The van der Waals surface area contributed by atoms with Crippen LogP contribution in [-0.2, 0) is 4.79 Å². The molecule has 3 N–H and O–H groups in total. The molecule has 5 nitrogen and oxygen atoms in total. The van der Waals surface area contributed by atoms with E-state index in [0.717, 1.165) is 12.8 Å². The molecule has 145 valence electrons. The average molecular weight is 361 g/mol. The fourth-order valence-corrected chi connectivity index (χ4v) is 2.95. The maximum Gasteiger partial charge on any atom is 0.338 e. The second-order valence-electron chi connectivity index (χ2n) is 6.83. The lowest BCUT2D eigenvalue weighted by atomic mass is 10.1. The van der Waals surface area contributed by atoms with Gasteiger partial charge in [0.1, 0.15) is 0 Å². The van der Waals surface area contributed by atoms with Crippen LogP contribution in [0.25, 0.3) is 0 Å². The van der Waals surface area contributed by atoms with E-state index in [4.69, 9.17) is 5.73 Å². The number of benzene rings is 1. The molecule has 0 atom stereocenters. The number of urea groups is 1. The molecule has 0 fully saturated rings. The normalized spacial score (nSPS) is 10.5. The minimum absolute atomic E-state index is 0.00264. The number of hydrogen-bond acceptors (Lipinski definition) is 2. The van der Waals surface area contributed by atoms with Gasteiger partial charge in [0.05, 0.1) is 5.69 Å². The Bertz CT molecular complexity index is 532. The number of primary amides is 1. The highest BCUT2D eigenvalue weighted by molar-refractivity contribution is 5.91. The molecule has 26 heavy (non-hydrogen) atoms. The summed E-state index contributed by atoms with van der Waals surface area (Å²) in [5.41, 5.74) is 6.12. The van der Waals surface area contributed by atoms with Gasteiger partial charge < -0.3 is 11.1 Å². The number of hydrogen-bond donors (Lipinski definition) is 2. The van der Waals surface area contributed by atoms with Crippen LogP contribution in [0.5, 0.6) is 0 Å². The first-order valence-corrected chi connectivity index (χ1v) is 10.0. The Morgan fingerprint density at radius 2 is 1.50 bits per heavy atom. The largest absolute Gasteiger partial charge is 0.350 e. The Morgan fingerprint density at radius 1 is 0.923 bits per heavy atom. The molecule has 1 rings (SSSR count). The number of nitrogens with zero attached hydrogens (tertiary/aromatic N) is 1. The lowest BCUT2D eigenvalue weighted by Crippen LogP contribution is -2.18. The zero-order valence-electron chi connectivity index (χ0n) is 16.1. The molecule has 1 aromatic rings. The number of nitrogens with two attached hydrogens (primary N) is 1. The first-order valence-electron chi connectivity index (χ1n) is 10.0. The van der Waals surface area contributed by atoms with Gasteiger partial charge >= 0.3 is 6.03 Å². The second-order valence-corrected chi connectivity index (χ2v) is 6.83. The van der Waals surface area contributed by atoms with Crippen molar-refractivity contribution in [1.82, 2.24) is 5.32 Å². The van der Waals surface area contributed by atoms with E-state index in [1.165, 1.54) is 57.8 Å². The number of carbonyl (C=O) groups is 2. The molecule has 5 heteroatoms. The van der Waals surface area contributed by atoms with E-state index in [0.29, 0.717) is 17.8 Å². The summed E-state index contributed by atoms with van der Waals surface area (Å²) < 4.78 is 0. The Hall–Kier alpha value is -2.04. The van der Waals surface area contributed by atoms with Crippen molar-refractivity contribution >= 4 is 23.3 Å². The van der Waals surface area contributed by atoms with Crippen LogP contribution in [-0.4, -0.2) is 11.9 Å². The third-order valence-electron chi connectivity index (χ3n) is 4.38. The van der Waals surface area contributed by atoms with Crippen LogP contribution >= 0.6 is 0 Å². The molecule has 0 bridgehead atoms. The lowest BCUT2D eigenvalue weighted by molar-refractivity contribution is -0.116. The molecule has 0 unspecified atom stereocenters. The van der Waals surface area contributed by atoms with E-state index in [-0.39, 0.29) is 5.91 Å². The van der Waals surface area contributed by atoms with Gasteiger partial charge in [0.2, 0.25) is 5.91 Å².